The molecule has 2 aromatic rings. The summed E-state index contributed by atoms with van der Waals surface area (Å²) in [6, 6.07) is 8.79. The maximum atomic E-state index is 5.36. The molecule has 1 fully saturated rings. The van der Waals surface area contributed by atoms with Gasteiger partial charge in [0.15, 0.2) is 0 Å². The molecule has 0 atom stereocenters. The van der Waals surface area contributed by atoms with Crippen LogP contribution in [0.15, 0.2) is 24.3 Å². The maximum Gasteiger partial charge on any atom is 0.0642 e. The van der Waals surface area contributed by atoms with E-state index in [-0.39, 0.29) is 0 Å². The van der Waals surface area contributed by atoms with Crippen molar-refractivity contribution in [2.24, 2.45) is 0 Å². The highest BCUT2D eigenvalue weighted by atomic mass is 16.5. The fraction of sp³-hybridized carbons (Fsp3) is 0.467. The normalized spacial score (nSPS) is 15.4. The van der Waals surface area contributed by atoms with E-state index in [1.165, 1.54) is 22.3 Å². The van der Waals surface area contributed by atoms with E-state index in [9.17, 15) is 0 Å². The number of nitrogens with zero attached hydrogens (tertiary/aromatic N) is 1. The Morgan fingerprint density at radius 1 is 1.11 bits per heavy atom. The van der Waals surface area contributed by atoms with Crippen LogP contribution in [-0.4, -0.2) is 31.3 Å². The number of H-pyrrole nitrogens is 1. The number of nitrogens with one attached hydrogen (secondary N) is 1. The SMILES string of the molecule is CC.Cc1cc2cc(N3CCOCC3)ccc2[nH]1. The van der Waals surface area contributed by atoms with Gasteiger partial charge in [-0.1, -0.05) is 13.8 Å². The smallest absolute Gasteiger partial charge is 0.0642 e. The second kappa shape index (κ2) is 5.91. The molecule has 0 spiro atoms. The number of ether oxygens (including phenoxy) is 1. The molecule has 0 aliphatic carbocycles. The number of hydrogen-bond donors (Lipinski definition) is 1. The summed E-state index contributed by atoms with van der Waals surface area (Å²) in [4.78, 5) is 5.73. The first-order valence-corrected chi connectivity index (χ1v) is 6.75. The Morgan fingerprint density at radius 2 is 1.83 bits per heavy atom. The molecule has 0 unspecified atom stereocenters. The van der Waals surface area contributed by atoms with Crippen LogP contribution in [-0.2, 0) is 4.74 Å². The Hall–Kier alpha value is -1.48. The summed E-state index contributed by atoms with van der Waals surface area (Å²) in [5, 5.41) is 1.29. The Kier molecular flexibility index (Phi) is 4.26. The number of aromatic nitrogens is 1. The van der Waals surface area contributed by atoms with Gasteiger partial charge in [0.1, 0.15) is 0 Å². The van der Waals surface area contributed by atoms with Gasteiger partial charge in [-0.2, -0.15) is 0 Å². The van der Waals surface area contributed by atoms with Gasteiger partial charge >= 0.3 is 0 Å². The van der Waals surface area contributed by atoms with E-state index >= 15 is 0 Å². The molecule has 1 saturated heterocycles. The standard InChI is InChI=1S/C13H16N2O.C2H6/c1-10-8-11-9-12(2-3-13(11)14-10)15-4-6-16-7-5-15;1-2/h2-3,8-9,14H,4-7H2,1H3;1-2H3. The summed E-state index contributed by atoms with van der Waals surface area (Å²) in [6.07, 6.45) is 0. The van der Waals surface area contributed by atoms with Crippen LogP contribution in [0.3, 0.4) is 0 Å². The van der Waals surface area contributed by atoms with Gasteiger partial charge in [0.2, 0.25) is 0 Å². The molecule has 0 saturated carbocycles. The first kappa shape index (κ1) is 13.0. The third-order valence-electron chi connectivity index (χ3n) is 3.12. The second-order valence-electron chi connectivity index (χ2n) is 4.32. The van der Waals surface area contributed by atoms with Gasteiger partial charge in [-0.3, -0.25) is 0 Å². The van der Waals surface area contributed by atoms with Crippen molar-refractivity contribution in [3.05, 3.63) is 30.0 Å². The summed E-state index contributed by atoms with van der Waals surface area (Å²) in [7, 11) is 0. The van der Waals surface area contributed by atoms with E-state index in [4.69, 9.17) is 4.74 Å². The van der Waals surface area contributed by atoms with Gasteiger partial charge in [0.25, 0.3) is 0 Å². The van der Waals surface area contributed by atoms with Gasteiger partial charge in [-0.05, 0) is 31.2 Å². The molecule has 1 aliphatic heterocycles. The lowest BCUT2D eigenvalue weighted by atomic mass is 10.2. The molecule has 98 valence electrons. The molecule has 3 rings (SSSR count). The third-order valence-corrected chi connectivity index (χ3v) is 3.12. The number of fused-ring (bicyclic) bond motifs is 1. The highest BCUT2D eigenvalue weighted by molar-refractivity contribution is 5.84. The predicted octanol–water partition coefficient (Wildman–Crippen LogP) is 3.34. The number of hydrogen-bond acceptors (Lipinski definition) is 2. The van der Waals surface area contributed by atoms with E-state index in [2.05, 4.69) is 41.1 Å². The zero-order valence-electron chi connectivity index (χ0n) is 11.5. The molecule has 2 heterocycles. The van der Waals surface area contributed by atoms with E-state index in [1.54, 1.807) is 0 Å². The lowest BCUT2D eigenvalue weighted by Gasteiger charge is -2.28. The first-order chi connectivity index (χ1) is 8.83. The largest absolute Gasteiger partial charge is 0.378 e. The maximum absolute atomic E-state index is 5.36. The van der Waals surface area contributed by atoms with Crippen molar-refractivity contribution < 1.29 is 4.74 Å². The van der Waals surface area contributed by atoms with E-state index < -0.39 is 0 Å². The minimum Gasteiger partial charge on any atom is -0.378 e. The van der Waals surface area contributed by atoms with Gasteiger partial charge in [-0.25, -0.2) is 0 Å². The van der Waals surface area contributed by atoms with Gasteiger partial charge in [-0.15, -0.1) is 0 Å². The lowest BCUT2D eigenvalue weighted by molar-refractivity contribution is 0.122. The number of anilines is 1. The van der Waals surface area contributed by atoms with Gasteiger partial charge in [0.05, 0.1) is 13.2 Å². The number of rotatable bonds is 1. The molecule has 1 aliphatic rings. The second-order valence-corrected chi connectivity index (χ2v) is 4.32. The van der Waals surface area contributed by atoms with E-state index in [0.717, 1.165) is 26.3 Å². The van der Waals surface area contributed by atoms with Gasteiger partial charge < -0.3 is 14.6 Å². The van der Waals surface area contributed by atoms with Crippen molar-refractivity contribution in [3.63, 3.8) is 0 Å². The third kappa shape index (κ3) is 2.67. The average Bonchev–Trinajstić information content (AvgIpc) is 2.81. The van der Waals surface area contributed by atoms with E-state index in [1.807, 2.05) is 13.8 Å². The van der Waals surface area contributed by atoms with Crippen molar-refractivity contribution in [1.82, 2.24) is 4.98 Å². The molecule has 3 heteroatoms. The fourth-order valence-electron chi connectivity index (χ4n) is 2.28. The number of benzene rings is 1. The van der Waals surface area contributed by atoms with Crippen molar-refractivity contribution in [2.75, 3.05) is 31.2 Å². The van der Waals surface area contributed by atoms with Crippen LogP contribution in [0.2, 0.25) is 0 Å². The molecular weight excluding hydrogens is 224 g/mol. The topological polar surface area (TPSA) is 28.3 Å². The lowest BCUT2D eigenvalue weighted by Crippen LogP contribution is -2.36. The molecule has 0 bridgehead atoms. The summed E-state index contributed by atoms with van der Waals surface area (Å²) < 4.78 is 5.36. The van der Waals surface area contributed by atoms with Crippen molar-refractivity contribution in [3.8, 4) is 0 Å². The van der Waals surface area contributed by atoms with Crippen LogP contribution in [0.5, 0.6) is 0 Å². The first-order valence-electron chi connectivity index (χ1n) is 6.75. The van der Waals surface area contributed by atoms with Crippen LogP contribution in [0.4, 0.5) is 5.69 Å². The Bertz CT molecular complexity index is 498. The number of aryl methyl sites for hydroxylation is 1. The molecule has 1 aromatic heterocycles. The summed E-state index contributed by atoms with van der Waals surface area (Å²) >= 11 is 0. The van der Waals surface area contributed by atoms with Crippen LogP contribution < -0.4 is 4.90 Å². The molecule has 3 nitrogen and oxygen atoms in total. The van der Waals surface area contributed by atoms with Crippen LogP contribution in [0, 0.1) is 6.92 Å². The minimum absolute atomic E-state index is 0.838. The van der Waals surface area contributed by atoms with Crippen molar-refractivity contribution >= 4 is 16.6 Å². The van der Waals surface area contributed by atoms with Gasteiger partial charge in [0, 0.05) is 35.4 Å². The molecule has 1 aromatic carbocycles. The summed E-state index contributed by atoms with van der Waals surface area (Å²) in [6.45, 7) is 9.76. The monoisotopic (exact) mass is 246 g/mol. The highest BCUT2D eigenvalue weighted by Gasteiger charge is 2.11. The predicted molar refractivity (Wildman–Crippen MR) is 77.4 cm³/mol. The molecular formula is C15H22N2O. The highest BCUT2D eigenvalue weighted by Crippen LogP contribution is 2.23. The Labute approximate surface area is 109 Å². The van der Waals surface area contributed by atoms with Crippen LogP contribution >= 0.6 is 0 Å². The Morgan fingerprint density at radius 3 is 2.56 bits per heavy atom. The zero-order valence-corrected chi connectivity index (χ0v) is 11.5. The Balaban J connectivity index is 0.000000574. The number of morpholine rings is 1. The summed E-state index contributed by atoms with van der Waals surface area (Å²) in [5.41, 5.74) is 3.73. The zero-order chi connectivity index (χ0) is 13.0. The van der Waals surface area contributed by atoms with Crippen LogP contribution in [0.25, 0.3) is 10.9 Å². The van der Waals surface area contributed by atoms with Crippen LogP contribution in [0.1, 0.15) is 19.5 Å². The molecule has 0 amide bonds. The van der Waals surface area contributed by atoms with Crippen molar-refractivity contribution in [2.45, 2.75) is 20.8 Å². The average molecular weight is 246 g/mol. The molecule has 18 heavy (non-hydrogen) atoms. The van der Waals surface area contributed by atoms with E-state index in [0.29, 0.717) is 0 Å². The molecule has 1 N–H and O–H groups in total. The summed E-state index contributed by atoms with van der Waals surface area (Å²) in [5.74, 6) is 0. The minimum atomic E-state index is 0.838. The molecule has 0 radical (unpaired) electrons. The number of aromatic amines is 1. The fourth-order valence-corrected chi connectivity index (χ4v) is 2.28. The van der Waals surface area contributed by atoms with Crippen molar-refractivity contribution in [1.29, 1.82) is 0 Å². The quantitative estimate of drug-likeness (QED) is 0.836.